The van der Waals surface area contributed by atoms with Gasteiger partial charge in [-0.2, -0.15) is 11.8 Å². The standard InChI is InChI=1S/C8H14S/c1-4-6-9-7-8(3)5-2/h2,8H,4,6-7H2,1,3H3. The van der Waals surface area contributed by atoms with Gasteiger partial charge in [0, 0.05) is 11.7 Å². The summed E-state index contributed by atoms with van der Waals surface area (Å²) in [6.45, 7) is 4.27. The van der Waals surface area contributed by atoms with E-state index in [1.54, 1.807) is 0 Å². The van der Waals surface area contributed by atoms with E-state index in [1.165, 1.54) is 12.2 Å². The Morgan fingerprint density at radius 3 is 2.78 bits per heavy atom. The predicted molar refractivity (Wildman–Crippen MR) is 45.6 cm³/mol. The van der Waals surface area contributed by atoms with Gasteiger partial charge in [0.25, 0.3) is 0 Å². The zero-order valence-corrected chi connectivity index (χ0v) is 7.00. The van der Waals surface area contributed by atoms with E-state index in [4.69, 9.17) is 6.42 Å². The Labute approximate surface area is 62.4 Å². The molecule has 1 unspecified atom stereocenters. The van der Waals surface area contributed by atoms with Gasteiger partial charge in [0.2, 0.25) is 0 Å². The van der Waals surface area contributed by atoms with Crippen molar-refractivity contribution in [3.05, 3.63) is 0 Å². The molecule has 0 radical (unpaired) electrons. The van der Waals surface area contributed by atoms with Gasteiger partial charge < -0.3 is 0 Å². The molecule has 0 amide bonds. The molecule has 0 bridgehead atoms. The maximum absolute atomic E-state index is 5.19. The zero-order chi connectivity index (χ0) is 7.11. The van der Waals surface area contributed by atoms with Gasteiger partial charge in [0.1, 0.15) is 0 Å². The summed E-state index contributed by atoms with van der Waals surface area (Å²) in [6, 6.07) is 0. The average molecular weight is 142 g/mol. The van der Waals surface area contributed by atoms with E-state index < -0.39 is 0 Å². The van der Waals surface area contributed by atoms with Crippen LogP contribution in [0.15, 0.2) is 0 Å². The van der Waals surface area contributed by atoms with Gasteiger partial charge in [-0.05, 0) is 12.2 Å². The van der Waals surface area contributed by atoms with E-state index in [2.05, 4.69) is 19.8 Å². The molecule has 0 heterocycles. The lowest BCUT2D eigenvalue weighted by Crippen LogP contribution is -1.93. The highest BCUT2D eigenvalue weighted by Gasteiger charge is 1.94. The summed E-state index contributed by atoms with van der Waals surface area (Å²) in [4.78, 5) is 0. The van der Waals surface area contributed by atoms with Gasteiger partial charge in [-0.15, -0.1) is 12.3 Å². The Morgan fingerprint density at radius 2 is 2.33 bits per heavy atom. The Kier molecular flexibility index (Phi) is 5.98. The van der Waals surface area contributed by atoms with Gasteiger partial charge >= 0.3 is 0 Å². The second-order valence-corrected chi connectivity index (χ2v) is 3.29. The molecule has 52 valence electrons. The third-order valence-corrected chi connectivity index (χ3v) is 2.43. The van der Waals surface area contributed by atoms with Crippen molar-refractivity contribution in [2.45, 2.75) is 20.3 Å². The van der Waals surface area contributed by atoms with Crippen LogP contribution in [-0.2, 0) is 0 Å². The monoisotopic (exact) mass is 142 g/mol. The number of terminal acetylenes is 1. The predicted octanol–water partition coefficient (Wildman–Crippen LogP) is 2.40. The molecule has 0 aliphatic rings. The van der Waals surface area contributed by atoms with Crippen LogP contribution in [0.1, 0.15) is 20.3 Å². The molecule has 0 rings (SSSR count). The highest BCUT2D eigenvalue weighted by atomic mass is 32.2. The number of rotatable bonds is 4. The highest BCUT2D eigenvalue weighted by molar-refractivity contribution is 7.99. The fraction of sp³-hybridized carbons (Fsp3) is 0.750. The third-order valence-electron chi connectivity index (χ3n) is 1.00. The van der Waals surface area contributed by atoms with E-state index >= 15 is 0 Å². The molecule has 0 aromatic heterocycles. The molecule has 0 aliphatic carbocycles. The number of hydrogen-bond donors (Lipinski definition) is 0. The fourth-order valence-electron chi connectivity index (χ4n) is 0.453. The topological polar surface area (TPSA) is 0 Å². The van der Waals surface area contributed by atoms with E-state index in [0.717, 1.165) is 5.75 Å². The minimum atomic E-state index is 0.446. The molecule has 9 heavy (non-hydrogen) atoms. The summed E-state index contributed by atoms with van der Waals surface area (Å²) in [5.41, 5.74) is 0. The lowest BCUT2D eigenvalue weighted by atomic mass is 10.2. The molecule has 0 spiro atoms. The van der Waals surface area contributed by atoms with Crippen LogP contribution in [0.25, 0.3) is 0 Å². The molecule has 0 N–H and O–H groups in total. The van der Waals surface area contributed by atoms with Crippen LogP contribution < -0.4 is 0 Å². The molecule has 1 atom stereocenters. The van der Waals surface area contributed by atoms with Crippen molar-refractivity contribution < 1.29 is 0 Å². The van der Waals surface area contributed by atoms with E-state index in [-0.39, 0.29) is 0 Å². The van der Waals surface area contributed by atoms with Crippen LogP contribution >= 0.6 is 11.8 Å². The molecule has 0 saturated carbocycles. The van der Waals surface area contributed by atoms with Gasteiger partial charge in [-0.1, -0.05) is 13.8 Å². The van der Waals surface area contributed by atoms with Crippen molar-refractivity contribution in [3.63, 3.8) is 0 Å². The SMILES string of the molecule is C#CC(C)CSCCC. The molecule has 0 fully saturated rings. The van der Waals surface area contributed by atoms with Crippen molar-refractivity contribution in [2.24, 2.45) is 5.92 Å². The summed E-state index contributed by atoms with van der Waals surface area (Å²) >= 11 is 1.94. The van der Waals surface area contributed by atoms with Gasteiger partial charge in [0.05, 0.1) is 0 Å². The molecule has 0 aliphatic heterocycles. The summed E-state index contributed by atoms with van der Waals surface area (Å²) in [5, 5.41) is 0. The van der Waals surface area contributed by atoms with Crippen LogP contribution in [0.5, 0.6) is 0 Å². The quantitative estimate of drug-likeness (QED) is 0.429. The number of hydrogen-bond acceptors (Lipinski definition) is 1. The van der Waals surface area contributed by atoms with Crippen molar-refractivity contribution in [1.29, 1.82) is 0 Å². The maximum atomic E-state index is 5.19. The number of thioether (sulfide) groups is 1. The molecule has 0 aromatic rings. The summed E-state index contributed by atoms with van der Waals surface area (Å²) in [5.74, 6) is 5.51. The first kappa shape index (κ1) is 8.91. The van der Waals surface area contributed by atoms with Gasteiger partial charge in [-0.3, -0.25) is 0 Å². The third kappa shape index (κ3) is 5.79. The molecule has 0 nitrogen and oxygen atoms in total. The maximum Gasteiger partial charge on any atom is 0.0262 e. The average Bonchev–Trinajstić information content (AvgIpc) is 1.89. The Hall–Kier alpha value is -0.0900. The first-order chi connectivity index (χ1) is 4.31. The van der Waals surface area contributed by atoms with Crippen molar-refractivity contribution >= 4 is 11.8 Å². The Morgan fingerprint density at radius 1 is 1.67 bits per heavy atom. The lowest BCUT2D eigenvalue weighted by Gasteiger charge is -2.00. The van der Waals surface area contributed by atoms with E-state index in [0.29, 0.717) is 5.92 Å². The van der Waals surface area contributed by atoms with Gasteiger partial charge in [-0.25, -0.2) is 0 Å². The van der Waals surface area contributed by atoms with Crippen LogP contribution in [0.3, 0.4) is 0 Å². The van der Waals surface area contributed by atoms with Crippen molar-refractivity contribution in [3.8, 4) is 12.3 Å². The molecule has 0 saturated heterocycles. The van der Waals surface area contributed by atoms with Crippen LogP contribution in [0, 0.1) is 18.3 Å². The molecular weight excluding hydrogens is 128 g/mol. The molecule has 0 aromatic carbocycles. The largest absolute Gasteiger partial charge is 0.161 e. The van der Waals surface area contributed by atoms with Gasteiger partial charge in [0.15, 0.2) is 0 Å². The van der Waals surface area contributed by atoms with Crippen LogP contribution in [-0.4, -0.2) is 11.5 Å². The Balaban J connectivity index is 2.99. The normalized spacial score (nSPS) is 12.6. The second-order valence-electron chi connectivity index (χ2n) is 2.14. The molecule has 1 heteroatoms. The smallest absolute Gasteiger partial charge is 0.0262 e. The van der Waals surface area contributed by atoms with Crippen LogP contribution in [0.2, 0.25) is 0 Å². The van der Waals surface area contributed by atoms with Crippen LogP contribution in [0.4, 0.5) is 0 Å². The van der Waals surface area contributed by atoms with Crippen molar-refractivity contribution in [1.82, 2.24) is 0 Å². The fourth-order valence-corrected chi connectivity index (χ4v) is 1.36. The highest BCUT2D eigenvalue weighted by Crippen LogP contribution is 2.07. The summed E-state index contributed by atoms with van der Waals surface area (Å²) in [7, 11) is 0. The van der Waals surface area contributed by atoms with Crippen molar-refractivity contribution in [2.75, 3.05) is 11.5 Å². The summed E-state index contributed by atoms with van der Waals surface area (Å²) < 4.78 is 0. The second kappa shape index (κ2) is 6.04. The van der Waals surface area contributed by atoms with E-state index in [9.17, 15) is 0 Å². The lowest BCUT2D eigenvalue weighted by molar-refractivity contribution is 0.882. The Bertz CT molecular complexity index is 91.2. The first-order valence-corrected chi connectivity index (χ1v) is 4.50. The van der Waals surface area contributed by atoms with E-state index in [1.807, 2.05) is 11.8 Å². The first-order valence-electron chi connectivity index (χ1n) is 3.35. The zero-order valence-electron chi connectivity index (χ0n) is 6.18. The minimum absolute atomic E-state index is 0.446. The summed E-state index contributed by atoms with van der Waals surface area (Å²) in [6.07, 6.45) is 6.44. The molecular formula is C8H14S. The minimum Gasteiger partial charge on any atom is -0.161 e.